The lowest BCUT2D eigenvalue weighted by Crippen LogP contribution is -2.46. The lowest BCUT2D eigenvalue weighted by atomic mass is 9.81. The summed E-state index contributed by atoms with van der Waals surface area (Å²) in [7, 11) is 1.83. The zero-order valence-electron chi connectivity index (χ0n) is 15.4. The van der Waals surface area contributed by atoms with Crippen LogP contribution in [0.5, 0.6) is 0 Å². The van der Waals surface area contributed by atoms with Crippen molar-refractivity contribution in [3.05, 3.63) is 35.4 Å². The molecule has 1 aromatic rings. The van der Waals surface area contributed by atoms with Crippen molar-refractivity contribution < 1.29 is 14.7 Å². The number of likely N-dealkylation sites (tertiary alicyclic amines) is 1. The molecule has 1 aliphatic heterocycles. The largest absolute Gasteiger partial charge is 0.481 e. The topological polar surface area (TPSA) is 60.9 Å². The number of carbonyl (C=O) groups is 2. The van der Waals surface area contributed by atoms with E-state index in [-0.39, 0.29) is 17.9 Å². The maximum atomic E-state index is 12.9. The first kappa shape index (κ1) is 17.9. The van der Waals surface area contributed by atoms with Gasteiger partial charge in [0.1, 0.15) is 0 Å². The van der Waals surface area contributed by atoms with Gasteiger partial charge in [0.2, 0.25) is 5.91 Å². The summed E-state index contributed by atoms with van der Waals surface area (Å²) in [6.07, 6.45) is 2.69. The highest BCUT2D eigenvalue weighted by atomic mass is 16.4. The fourth-order valence-corrected chi connectivity index (χ4v) is 4.57. The maximum Gasteiger partial charge on any atom is 0.311 e. The number of carbonyl (C=O) groups excluding carboxylic acids is 1. The van der Waals surface area contributed by atoms with Crippen LogP contribution in [0.1, 0.15) is 37.3 Å². The summed E-state index contributed by atoms with van der Waals surface area (Å²) in [5, 5.41) is 9.72. The van der Waals surface area contributed by atoms with Gasteiger partial charge in [-0.1, -0.05) is 30.7 Å². The second-order valence-corrected chi connectivity index (χ2v) is 7.78. The lowest BCUT2D eigenvalue weighted by molar-refractivity contribution is -0.150. The first-order valence-corrected chi connectivity index (χ1v) is 9.12. The Morgan fingerprint density at radius 1 is 1.40 bits per heavy atom. The van der Waals surface area contributed by atoms with Crippen LogP contribution >= 0.6 is 0 Å². The SMILES string of the molecule is Cc1ccccc1CN(C)C(=O)C(C)N1C[C@@H]2CCC[C@@]2(C(=O)O)C1. The predicted octanol–water partition coefficient (Wildman–Crippen LogP) is 2.53. The Balaban J connectivity index is 1.67. The van der Waals surface area contributed by atoms with E-state index in [1.165, 1.54) is 5.56 Å². The van der Waals surface area contributed by atoms with Crippen molar-refractivity contribution in [1.82, 2.24) is 9.80 Å². The van der Waals surface area contributed by atoms with Gasteiger partial charge >= 0.3 is 5.97 Å². The summed E-state index contributed by atoms with van der Waals surface area (Å²) in [5.74, 6) is -0.448. The van der Waals surface area contributed by atoms with Crippen LogP contribution in [0, 0.1) is 18.3 Å². The molecule has 2 aliphatic rings. The average molecular weight is 344 g/mol. The fourth-order valence-electron chi connectivity index (χ4n) is 4.57. The van der Waals surface area contributed by atoms with E-state index >= 15 is 0 Å². The van der Waals surface area contributed by atoms with Gasteiger partial charge in [0.25, 0.3) is 0 Å². The summed E-state index contributed by atoms with van der Waals surface area (Å²) < 4.78 is 0. The normalized spacial score (nSPS) is 27.1. The zero-order valence-corrected chi connectivity index (χ0v) is 15.4. The molecule has 3 atom stereocenters. The number of benzene rings is 1. The quantitative estimate of drug-likeness (QED) is 0.892. The summed E-state index contributed by atoms with van der Waals surface area (Å²) in [6, 6.07) is 7.80. The van der Waals surface area contributed by atoms with E-state index in [9.17, 15) is 14.7 Å². The molecule has 5 heteroatoms. The molecule has 5 nitrogen and oxygen atoms in total. The van der Waals surface area contributed by atoms with Gasteiger partial charge in [-0.15, -0.1) is 0 Å². The van der Waals surface area contributed by atoms with Crippen LogP contribution in [0.25, 0.3) is 0 Å². The van der Waals surface area contributed by atoms with Crippen LogP contribution in [0.15, 0.2) is 24.3 Å². The molecule has 0 spiro atoms. The minimum absolute atomic E-state index is 0.0590. The molecule has 1 heterocycles. The van der Waals surface area contributed by atoms with Gasteiger partial charge in [0.05, 0.1) is 11.5 Å². The van der Waals surface area contributed by atoms with Gasteiger partial charge < -0.3 is 10.0 Å². The van der Waals surface area contributed by atoms with Crippen molar-refractivity contribution in [2.45, 2.75) is 45.7 Å². The van der Waals surface area contributed by atoms with E-state index in [0.717, 1.165) is 31.4 Å². The number of carboxylic acid groups (broad SMARTS) is 1. The summed E-state index contributed by atoms with van der Waals surface area (Å²) >= 11 is 0. The van der Waals surface area contributed by atoms with Crippen molar-refractivity contribution >= 4 is 11.9 Å². The molecule has 1 N–H and O–H groups in total. The lowest BCUT2D eigenvalue weighted by Gasteiger charge is -2.30. The summed E-state index contributed by atoms with van der Waals surface area (Å²) in [4.78, 5) is 28.5. The molecule has 1 amide bonds. The van der Waals surface area contributed by atoms with Gasteiger partial charge in [-0.3, -0.25) is 14.5 Å². The van der Waals surface area contributed by atoms with E-state index in [2.05, 4.69) is 17.9 Å². The van der Waals surface area contributed by atoms with Gasteiger partial charge in [0, 0.05) is 26.7 Å². The highest BCUT2D eigenvalue weighted by Gasteiger charge is 2.55. The van der Waals surface area contributed by atoms with Crippen molar-refractivity contribution in [3.8, 4) is 0 Å². The van der Waals surface area contributed by atoms with E-state index in [1.807, 2.05) is 32.2 Å². The molecule has 0 bridgehead atoms. The van der Waals surface area contributed by atoms with Crippen LogP contribution in [0.3, 0.4) is 0 Å². The minimum atomic E-state index is -0.689. The third-order valence-electron chi connectivity index (χ3n) is 6.27. The minimum Gasteiger partial charge on any atom is -0.481 e. The zero-order chi connectivity index (χ0) is 18.2. The molecule has 2 fully saturated rings. The van der Waals surface area contributed by atoms with Gasteiger partial charge in [-0.25, -0.2) is 0 Å². The molecule has 1 saturated carbocycles. The first-order valence-electron chi connectivity index (χ1n) is 9.12. The Hall–Kier alpha value is -1.88. The molecule has 1 aromatic carbocycles. The molecule has 3 rings (SSSR count). The highest BCUT2D eigenvalue weighted by molar-refractivity contribution is 5.82. The van der Waals surface area contributed by atoms with Crippen LogP contribution in [-0.4, -0.2) is 53.0 Å². The molecule has 25 heavy (non-hydrogen) atoms. The van der Waals surface area contributed by atoms with Crippen LogP contribution in [-0.2, 0) is 16.1 Å². The number of rotatable bonds is 5. The number of aryl methyl sites for hydroxylation is 1. The molecule has 0 radical (unpaired) electrons. The number of carboxylic acids is 1. The van der Waals surface area contributed by atoms with Crippen LogP contribution in [0.4, 0.5) is 0 Å². The Bertz CT molecular complexity index is 675. The molecule has 0 aromatic heterocycles. The van der Waals surface area contributed by atoms with E-state index in [1.54, 1.807) is 4.90 Å². The molecule has 1 aliphatic carbocycles. The number of nitrogens with zero attached hydrogens (tertiary/aromatic N) is 2. The van der Waals surface area contributed by atoms with E-state index < -0.39 is 11.4 Å². The second kappa shape index (κ2) is 6.79. The summed E-state index contributed by atoms with van der Waals surface area (Å²) in [6.45, 7) is 5.76. The van der Waals surface area contributed by atoms with Crippen LogP contribution in [0.2, 0.25) is 0 Å². The molecular weight excluding hydrogens is 316 g/mol. The van der Waals surface area contributed by atoms with Crippen molar-refractivity contribution in [2.24, 2.45) is 11.3 Å². The highest BCUT2D eigenvalue weighted by Crippen LogP contribution is 2.49. The van der Waals surface area contributed by atoms with E-state index in [0.29, 0.717) is 13.1 Å². The average Bonchev–Trinajstić information content (AvgIpc) is 3.13. The van der Waals surface area contributed by atoms with Gasteiger partial charge in [-0.05, 0) is 43.7 Å². The van der Waals surface area contributed by atoms with Crippen LogP contribution < -0.4 is 0 Å². The van der Waals surface area contributed by atoms with Crippen molar-refractivity contribution in [3.63, 3.8) is 0 Å². The van der Waals surface area contributed by atoms with Crippen molar-refractivity contribution in [1.29, 1.82) is 0 Å². The fraction of sp³-hybridized carbons (Fsp3) is 0.600. The predicted molar refractivity (Wildman–Crippen MR) is 96.1 cm³/mol. The number of fused-ring (bicyclic) bond motifs is 1. The molecule has 1 saturated heterocycles. The Morgan fingerprint density at radius 3 is 2.76 bits per heavy atom. The molecule has 136 valence electrons. The number of hydrogen-bond donors (Lipinski definition) is 1. The third kappa shape index (κ3) is 3.17. The first-order chi connectivity index (χ1) is 11.8. The Morgan fingerprint density at radius 2 is 2.12 bits per heavy atom. The molecular formula is C20H28N2O3. The van der Waals surface area contributed by atoms with Gasteiger partial charge in [0.15, 0.2) is 0 Å². The maximum absolute atomic E-state index is 12.9. The number of amides is 1. The Kier molecular flexibility index (Phi) is 4.87. The summed E-state index contributed by atoms with van der Waals surface area (Å²) in [5.41, 5.74) is 1.68. The Labute approximate surface area is 149 Å². The number of likely N-dealkylation sites (N-methyl/N-ethyl adjacent to an activating group) is 1. The van der Waals surface area contributed by atoms with Gasteiger partial charge in [-0.2, -0.15) is 0 Å². The van der Waals surface area contributed by atoms with E-state index in [4.69, 9.17) is 0 Å². The monoisotopic (exact) mass is 344 g/mol. The smallest absolute Gasteiger partial charge is 0.311 e. The third-order valence-corrected chi connectivity index (χ3v) is 6.27. The number of aliphatic carboxylic acids is 1. The second-order valence-electron chi connectivity index (χ2n) is 7.78. The standard InChI is InChI=1S/C20H28N2O3/c1-14-7-4-5-8-16(14)11-21(3)18(23)15(2)22-12-17-9-6-10-20(17,13-22)19(24)25/h4-5,7-8,15,17H,6,9-13H2,1-3H3,(H,24,25)/t15?,17-,20+/m0/s1. The molecule has 1 unspecified atom stereocenters. The van der Waals surface area contributed by atoms with Crippen molar-refractivity contribution in [2.75, 3.05) is 20.1 Å². The number of hydrogen-bond acceptors (Lipinski definition) is 3.